The van der Waals surface area contributed by atoms with Crippen molar-refractivity contribution < 1.29 is 19.1 Å². The van der Waals surface area contributed by atoms with Crippen molar-refractivity contribution in [1.82, 2.24) is 5.01 Å². The van der Waals surface area contributed by atoms with Gasteiger partial charge < -0.3 is 9.47 Å². The topological polar surface area (TPSA) is 68.2 Å². The fourth-order valence-electron chi connectivity index (χ4n) is 4.09. The molecule has 2 fully saturated rings. The zero-order chi connectivity index (χ0) is 17.7. The third-order valence-corrected chi connectivity index (χ3v) is 5.59. The van der Waals surface area contributed by atoms with Crippen LogP contribution in [0.3, 0.4) is 0 Å². The number of rotatable bonds is 4. The quantitative estimate of drug-likeness (QED) is 0.470. The third kappa shape index (κ3) is 2.35. The highest BCUT2D eigenvalue weighted by atomic mass is 35.5. The van der Waals surface area contributed by atoms with Crippen LogP contribution in [0.25, 0.3) is 0 Å². The molecule has 4 atom stereocenters. The molecule has 25 heavy (non-hydrogen) atoms. The number of imide groups is 1. The Morgan fingerprint density at radius 2 is 1.64 bits per heavy atom. The smallest absolute Gasteiger partial charge is 0.254 e. The van der Waals surface area contributed by atoms with Gasteiger partial charge in [-0.1, -0.05) is 23.8 Å². The van der Waals surface area contributed by atoms with E-state index in [1.54, 1.807) is 12.1 Å². The van der Waals surface area contributed by atoms with Gasteiger partial charge in [-0.2, -0.15) is 10.1 Å². The number of fused-ring (bicyclic) bond motifs is 5. The number of ether oxygens (including phenoxy) is 2. The minimum absolute atomic E-state index is 0.163. The van der Waals surface area contributed by atoms with Crippen molar-refractivity contribution in [3.8, 4) is 11.5 Å². The molecule has 1 saturated carbocycles. The van der Waals surface area contributed by atoms with Crippen molar-refractivity contribution in [2.24, 2.45) is 28.8 Å². The van der Waals surface area contributed by atoms with E-state index in [-0.39, 0.29) is 35.5 Å². The van der Waals surface area contributed by atoms with Gasteiger partial charge in [-0.3, -0.25) is 9.59 Å². The molecule has 0 aromatic heterocycles. The van der Waals surface area contributed by atoms with E-state index in [4.69, 9.17) is 21.1 Å². The lowest BCUT2D eigenvalue weighted by atomic mass is 9.85. The van der Waals surface area contributed by atoms with Crippen molar-refractivity contribution >= 4 is 29.6 Å². The average molecular weight is 361 g/mol. The number of hydrogen-bond acceptors (Lipinski definition) is 5. The monoisotopic (exact) mass is 360 g/mol. The second-order valence-electron chi connectivity index (χ2n) is 6.46. The molecule has 0 spiro atoms. The number of hydrogen-bond donors (Lipinski definition) is 0. The van der Waals surface area contributed by atoms with Crippen molar-refractivity contribution in [3.63, 3.8) is 0 Å². The summed E-state index contributed by atoms with van der Waals surface area (Å²) in [6.07, 6.45) is 6.41. The van der Waals surface area contributed by atoms with Crippen LogP contribution in [0.1, 0.15) is 12.0 Å². The predicted molar refractivity (Wildman–Crippen MR) is 91.7 cm³/mol. The third-order valence-electron chi connectivity index (χ3n) is 5.26. The molecule has 1 heterocycles. The first kappa shape index (κ1) is 16.1. The summed E-state index contributed by atoms with van der Waals surface area (Å²) < 4.78 is 10.4. The van der Waals surface area contributed by atoms with Gasteiger partial charge >= 0.3 is 0 Å². The van der Waals surface area contributed by atoms with Gasteiger partial charge in [0, 0.05) is 11.6 Å². The molecule has 2 amide bonds. The van der Waals surface area contributed by atoms with E-state index in [2.05, 4.69) is 17.3 Å². The van der Waals surface area contributed by atoms with Gasteiger partial charge in [-0.25, -0.2) is 0 Å². The summed E-state index contributed by atoms with van der Waals surface area (Å²) >= 11 is 6.22. The first-order chi connectivity index (χ1) is 12.0. The molecule has 2 aliphatic carbocycles. The van der Waals surface area contributed by atoms with Crippen molar-refractivity contribution in [1.29, 1.82) is 0 Å². The molecule has 1 aromatic rings. The second kappa shape index (κ2) is 5.88. The van der Waals surface area contributed by atoms with Gasteiger partial charge in [0.05, 0.1) is 37.3 Å². The number of methoxy groups -OCH3 is 2. The minimum Gasteiger partial charge on any atom is -0.493 e. The minimum atomic E-state index is -0.263. The SMILES string of the molecule is COc1cc(Cl)c(C=NN2C(=O)C3C4C=CC(C4)C3C2=O)cc1OC. The summed E-state index contributed by atoms with van der Waals surface area (Å²) in [6.45, 7) is 0. The van der Waals surface area contributed by atoms with E-state index in [0.717, 1.165) is 11.4 Å². The van der Waals surface area contributed by atoms with Crippen molar-refractivity contribution in [2.45, 2.75) is 6.42 Å². The summed E-state index contributed by atoms with van der Waals surface area (Å²) in [7, 11) is 3.04. The van der Waals surface area contributed by atoms with Crippen molar-refractivity contribution in [2.75, 3.05) is 14.2 Å². The highest BCUT2D eigenvalue weighted by Crippen LogP contribution is 2.52. The lowest BCUT2D eigenvalue weighted by Gasteiger charge is -2.13. The van der Waals surface area contributed by atoms with E-state index < -0.39 is 0 Å². The molecule has 6 nitrogen and oxygen atoms in total. The van der Waals surface area contributed by atoms with Crippen LogP contribution in [0.4, 0.5) is 0 Å². The number of amides is 2. The highest BCUT2D eigenvalue weighted by molar-refractivity contribution is 6.33. The van der Waals surface area contributed by atoms with Crippen LogP contribution in [0.5, 0.6) is 11.5 Å². The van der Waals surface area contributed by atoms with Gasteiger partial charge in [0.1, 0.15) is 0 Å². The number of allylic oxidation sites excluding steroid dienone is 2. The first-order valence-corrected chi connectivity index (χ1v) is 8.44. The Bertz CT molecular complexity index is 790. The van der Waals surface area contributed by atoms with Crippen LogP contribution in [0, 0.1) is 23.7 Å². The van der Waals surface area contributed by atoms with Gasteiger partial charge in [0.25, 0.3) is 11.8 Å². The Morgan fingerprint density at radius 3 is 2.20 bits per heavy atom. The maximum Gasteiger partial charge on any atom is 0.254 e. The lowest BCUT2D eigenvalue weighted by Crippen LogP contribution is -2.28. The molecule has 3 aliphatic rings. The van der Waals surface area contributed by atoms with Crippen LogP contribution in [0.15, 0.2) is 29.4 Å². The van der Waals surface area contributed by atoms with E-state index in [9.17, 15) is 9.59 Å². The van der Waals surface area contributed by atoms with Gasteiger partial charge in [0.2, 0.25) is 0 Å². The summed E-state index contributed by atoms with van der Waals surface area (Å²) in [4.78, 5) is 25.2. The molecule has 4 unspecified atom stereocenters. The molecule has 1 aliphatic heterocycles. The fraction of sp³-hybridized carbons (Fsp3) is 0.389. The lowest BCUT2D eigenvalue weighted by molar-refractivity contribution is -0.140. The molecular formula is C18H17ClN2O4. The van der Waals surface area contributed by atoms with Gasteiger partial charge in [-0.15, -0.1) is 0 Å². The maximum absolute atomic E-state index is 12.6. The number of carbonyl (C=O) groups excluding carboxylic acids is 2. The number of halogens is 1. The Morgan fingerprint density at radius 1 is 1.08 bits per heavy atom. The first-order valence-electron chi connectivity index (χ1n) is 8.06. The summed E-state index contributed by atoms with van der Waals surface area (Å²) in [5.74, 6) is 0.342. The fourth-order valence-corrected chi connectivity index (χ4v) is 4.29. The summed E-state index contributed by atoms with van der Waals surface area (Å²) in [6, 6.07) is 3.26. The zero-order valence-electron chi connectivity index (χ0n) is 13.8. The Balaban J connectivity index is 1.61. The molecule has 1 aromatic carbocycles. The number of hydrazone groups is 1. The van der Waals surface area contributed by atoms with Crippen molar-refractivity contribution in [3.05, 3.63) is 34.9 Å². The predicted octanol–water partition coefficient (Wildman–Crippen LogP) is 2.50. The normalized spacial score (nSPS) is 29.8. The van der Waals surface area contributed by atoms with Crippen LogP contribution < -0.4 is 9.47 Å². The Hall–Kier alpha value is -2.34. The van der Waals surface area contributed by atoms with E-state index >= 15 is 0 Å². The maximum atomic E-state index is 12.6. The molecule has 4 rings (SSSR count). The largest absolute Gasteiger partial charge is 0.493 e. The summed E-state index contributed by atoms with van der Waals surface area (Å²) in [5, 5.41) is 5.51. The molecule has 7 heteroatoms. The van der Waals surface area contributed by atoms with Gasteiger partial charge in [-0.05, 0) is 24.3 Å². The molecule has 1 saturated heterocycles. The van der Waals surface area contributed by atoms with Crippen LogP contribution in [-0.4, -0.2) is 37.3 Å². The molecule has 0 N–H and O–H groups in total. The average Bonchev–Trinajstić information content (AvgIpc) is 3.28. The second-order valence-corrected chi connectivity index (χ2v) is 6.87. The number of nitrogens with zero attached hydrogens (tertiary/aromatic N) is 2. The summed E-state index contributed by atoms with van der Waals surface area (Å²) in [5.41, 5.74) is 0.540. The van der Waals surface area contributed by atoms with E-state index in [1.807, 2.05) is 0 Å². The van der Waals surface area contributed by atoms with Crippen LogP contribution >= 0.6 is 11.6 Å². The molecule has 2 bridgehead atoms. The van der Waals surface area contributed by atoms with Crippen LogP contribution in [0.2, 0.25) is 5.02 Å². The highest BCUT2D eigenvalue weighted by Gasteiger charge is 2.59. The van der Waals surface area contributed by atoms with E-state index in [0.29, 0.717) is 22.1 Å². The number of carbonyl (C=O) groups is 2. The Kier molecular flexibility index (Phi) is 3.80. The number of benzene rings is 1. The Labute approximate surface area is 150 Å². The molecule has 0 radical (unpaired) electrons. The zero-order valence-corrected chi connectivity index (χ0v) is 14.6. The van der Waals surface area contributed by atoms with E-state index in [1.165, 1.54) is 20.4 Å². The van der Waals surface area contributed by atoms with Crippen LogP contribution in [-0.2, 0) is 9.59 Å². The van der Waals surface area contributed by atoms with Gasteiger partial charge in [0.15, 0.2) is 11.5 Å². The molecular weight excluding hydrogens is 344 g/mol. The standard InChI is InChI=1S/C18H17ClN2O4/c1-24-13-6-11(12(19)7-14(13)25-2)8-20-21-17(22)15-9-3-4-10(5-9)16(15)18(21)23/h3-4,6-10,15-16H,5H2,1-2H3. The molecule has 130 valence electrons.